The Morgan fingerprint density at radius 3 is 2.78 bits per heavy atom. The van der Waals surface area contributed by atoms with Crippen molar-refractivity contribution < 1.29 is 5.11 Å². The van der Waals surface area contributed by atoms with Gasteiger partial charge in [-0.15, -0.1) is 0 Å². The van der Waals surface area contributed by atoms with Gasteiger partial charge in [-0.05, 0) is 43.2 Å². The smallest absolute Gasteiger partial charge is 0.0566 e. The monoisotopic (exact) mass is 243 g/mol. The molecule has 18 heavy (non-hydrogen) atoms. The normalized spacial score (nSPS) is 17.9. The first-order valence-corrected chi connectivity index (χ1v) is 6.99. The fourth-order valence-electron chi connectivity index (χ4n) is 2.89. The third-order valence-corrected chi connectivity index (χ3v) is 4.07. The van der Waals surface area contributed by atoms with Crippen molar-refractivity contribution in [2.24, 2.45) is 5.92 Å². The number of rotatable bonds is 4. The molecule has 2 heteroatoms. The molecule has 0 bridgehead atoms. The van der Waals surface area contributed by atoms with Crippen LogP contribution >= 0.6 is 0 Å². The maximum atomic E-state index is 9.65. The van der Waals surface area contributed by atoms with Crippen LogP contribution in [-0.4, -0.2) is 15.8 Å². The lowest BCUT2D eigenvalue weighted by Gasteiger charge is -2.27. The molecule has 0 spiro atoms. The Morgan fingerprint density at radius 1 is 1.33 bits per heavy atom. The van der Waals surface area contributed by atoms with Crippen LogP contribution in [0.3, 0.4) is 0 Å². The summed E-state index contributed by atoms with van der Waals surface area (Å²) >= 11 is 0. The Bertz CT molecular complexity index is 537. The Balaban J connectivity index is 1.99. The van der Waals surface area contributed by atoms with Crippen LogP contribution in [-0.2, 0) is 13.0 Å². The van der Waals surface area contributed by atoms with Gasteiger partial charge in [0.2, 0.25) is 0 Å². The van der Waals surface area contributed by atoms with Crippen molar-refractivity contribution in [3.63, 3.8) is 0 Å². The van der Waals surface area contributed by atoms with Crippen molar-refractivity contribution >= 4 is 10.9 Å². The predicted octanol–water partition coefficient (Wildman–Crippen LogP) is 3.36. The van der Waals surface area contributed by atoms with E-state index in [1.165, 1.54) is 35.9 Å². The second-order valence-electron chi connectivity index (χ2n) is 5.66. The molecule has 0 radical (unpaired) electrons. The summed E-state index contributed by atoms with van der Waals surface area (Å²) in [7, 11) is 0. The summed E-state index contributed by atoms with van der Waals surface area (Å²) in [4.78, 5) is 0. The number of hydrogen-bond donors (Lipinski definition) is 1. The fourth-order valence-corrected chi connectivity index (χ4v) is 2.89. The molecule has 3 rings (SSSR count). The topological polar surface area (TPSA) is 25.2 Å². The van der Waals surface area contributed by atoms with Gasteiger partial charge in [-0.25, -0.2) is 0 Å². The first-order valence-electron chi connectivity index (χ1n) is 6.99. The number of aliphatic hydroxyl groups is 1. The van der Waals surface area contributed by atoms with E-state index >= 15 is 0 Å². The number of nitrogens with zero attached hydrogens (tertiary/aromatic N) is 1. The van der Waals surface area contributed by atoms with Crippen LogP contribution in [0.2, 0.25) is 0 Å². The Morgan fingerprint density at radius 2 is 2.11 bits per heavy atom. The van der Waals surface area contributed by atoms with Gasteiger partial charge in [0.1, 0.15) is 0 Å². The number of aliphatic hydroxyl groups excluding tert-OH is 1. The van der Waals surface area contributed by atoms with E-state index < -0.39 is 0 Å². The van der Waals surface area contributed by atoms with Gasteiger partial charge in [0.05, 0.1) is 6.10 Å². The summed E-state index contributed by atoms with van der Waals surface area (Å²) in [6.45, 7) is 2.99. The third-order valence-electron chi connectivity index (χ3n) is 4.07. The van der Waals surface area contributed by atoms with Crippen LogP contribution in [0.25, 0.3) is 10.9 Å². The zero-order chi connectivity index (χ0) is 12.5. The third kappa shape index (κ3) is 2.17. The SMILES string of the molecule is CC(O)Cc1cc2ccccc2n1CC1CCC1. The molecule has 1 atom stereocenters. The van der Waals surface area contributed by atoms with Gasteiger partial charge in [-0.3, -0.25) is 0 Å². The molecule has 1 saturated carbocycles. The first-order chi connectivity index (χ1) is 8.74. The van der Waals surface area contributed by atoms with Crippen molar-refractivity contribution in [2.75, 3.05) is 0 Å². The lowest BCUT2D eigenvalue weighted by molar-refractivity contribution is 0.191. The van der Waals surface area contributed by atoms with Gasteiger partial charge in [-0.1, -0.05) is 24.6 Å². The molecule has 1 aromatic carbocycles. The summed E-state index contributed by atoms with van der Waals surface area (Å²) in [6, 6.07) is 10.8. The summed E-state index contributed by atoms with van der Waals surface area (Å²) < 4.78 is 2.42. The van der Waals surface area contributed by atoms with E-state index in [-0.39, 0.29) is 6.10 Å². The molecule has 1 fully saturated rings. The van der Waals surface area contributed by atoms with Gasteiger partial charge in [0, 0.05) is 24.2 Å². The summed E-state index contributed by atoms with van der Waals surface area (Å²) in [6.07, 6.45) is 4.59. The van der Waals surface area contributed by atoms with Crippen LogP contribution in [0.4, 0.5) is 0 Å². The largest absolute Gasteiger partial charge is 0.393 e. The second-order valence-corrected chi connectivity index (χ2v) is 5.66. The molecule has 0 aliphatic heterocycles. The molecule has 1 unspecified atom stereocenters. The Labute approximate surface area is 108 Å². The standard InChI is InChI=1S/C16H21NO/c1-12(18)9-15-10-14-7-2-3-8-16(14)17(15)11-13-5-4-6-13/h2-3,7-8,10,12-13,18H,4-6,9,11H2,1H3. The Hall–Kier alpha value is -1.28. The number of para-hydroxylation sites is 1. The average Bonchev–Trinajstić information content (AvgIpc) is 2.60. The van der Waals surface area contributed by atoms with Gasteiger partial charge in [0.25, 0.3) is 0 Å². The second kappa shape index (κ2) is 4.77. The molecule has 1 aliphatic rings. The minimum absolute atomic E-state index is 0.269. The highest BCUT2D eigenvalue weighted by Gasteiger charge is 2.20. The zero-order valence-corrected chi connectivity index (χ0v) is 11.0. The number of benzene rings is 1. The van der Waals surface area contributed by atoms with Crippen LogP contribution in [0.1, 0.15) is 31.9 Å². The van der Waals surface area contributed by atoms with E-state index in [9.17, 15) is 5.11 Å². The molecule has 96 valence electrons. The van der Waals surface area contributed by atoms with E-state index in [0.717, 1.165) is 18.9 Å². The highest BCUT2D eigenvalue weighted by Crippen LogP contribution is 2.31. The molecular weight excluding hydrogens is 222 g/mol. The average molecular weight is 243 g/mol. The van der Waals surface area contributed by atoms with Crippen molar-refractivity contribution in [1.82, 2.24) is 4.57 Å². The van der Waals surface area contributed by atoms with Crippen molar-refractivity contribution in [3.05, 3.63) is 36.0 Å². The summed E-state index contributed by atoms with van der Waals surface area (Å²) in [5, 5.41) is 10.9. The molecule has 2 aromatic rings. The zero-order valence-electron chi connectivity index (χ0n) is 11.0. The van der Waals surface area contributed by atoms with Gasteiger partial charge < -0.3 is 9.67 Å². The highest BCUT2D eigenvalue weighted by atomic mass is 16.3. The molecule has 1 N–H and O–H groups in total. The molecule has 1 heterocycles. The molecule has 2 nitrogen and oxygen atoms in total. The summed E-state index contributed by atoms with van der Waals surface area (Å²) in [5.41, 5.74) is 2.60. The number of fused-ring (bicyclic) bond motifs is 1. The van der Waals surface area contributed by atoms with Gasteiger partial charge >= 0.3 is 0 Å². The van der Waals surface area contributed by atoms with Crippen molar-refractivity contribution in [3.8, 4) is 0 Å². The first kappa shape index (κ1) is 11.8. The minimum Gasteiger partial charge on any atom is -0.393 e. The lowest BCUT2D eigenvalue weighted by atomic mass is 9.85. The Kier molecular flexibility index (Phi) is 3.13. The van der Waals surface area contributed by atoms with Crippen LogP contribution in [0, 0.1) is 5.92 Å². The fraction of sp³-hybridized carbons (Fsp3) is 0.500. The van der Waals surface area contributed by atoms with Crippen LogP contribution in [0.5, 0.6) is 0 Å². The van der Waals surface area contributed by atoms with E-state index in [0.29, 0.717) is 0 Å². The highest BCUT2D eigenvalue weighted by molar-refractivity contribution is 5.81. The number of aromatic nitrogens is 1. The maximum Gasteiger partial charge on any atom is 0.0566 e. The molecule has 0 saturated heterocycles. The van der Waals surface area contributed by atoms with Crippen LogP contribution in [0.15, 0.2) is 30.3 Å². The van der Waals surface area contributed by atoms with E-state index in [2.05, 4.69) is 34.9 Å². The molecule has 1 aromatic heterocycles. The minimum atomic E-state index is -0.269. The van der Waals surface area contributed by atoms with Crippen LogP contribution < -0.4 is 0 Å². The molecular formula is C16H21NO. The summed E-state index contributed by atoms with van der Waals surface area (Å²) in [5.74, 6) is 0.841. The van der Waals surface area contributed by atoms with E-state index in [4.69, 9.17) is 0 Å². The quantitative estimate of drug-likeness (QED) is 0.875. The lowest BCUT2D eigenvalue weighted by Crippen LogP contribution is -2.20. The van der Waals surface area contributed by atoms with Gasteiger partial charge in [-0.2, -0.15) is 0 Å². The predicted molar refractivity (Wildman–Crippen MR) is 74.7 cm³/mol. The molecule has 0 amide bonds. The van der Waals surface area contributed by atoms with E-state index in [1.807, 2.05) is 6.92 Å². The van der Waals surface area contributed by atoms with Crippen molar-refractivity contribution in [2.45, 2.75) is 45.3 Å². The molecule has 1 aliphatic carbocycles. The van der Waals surface area contributed by atoms with Crippen molar-refractivity contribution in [1.29, 1.82) is 0 Å². The maximum absolute atomic E-state index is 9.65. The van der Waals surface area contributed by atoms with E-state index in [1.54, 1.807) is 0 Å². The number of hydrogen-bond acceptors (Lipinski definition) is 1. The van der Waals surface area contributed by atoms with Gasteiger partial charge in [0.15, 0.2) is 0 Å².